The minimum Gasteiger partial charge on any atom is -0.496 e. The summed E-state index contributed by atoms with van der Waals surface area (Å²) in [4.78, 5) is 23.7. The van der Waals surface area contributed by atoms with Crippen LogP contribution in [0.25, 0.3) is 0 Å². The second kappa shape index (κ2) is 7.45. The van der Waals surface area contributed by atoms with Gasteiger partial charge in [0.2, 0.25) is 6.29 Å². The number of aliphatic hydroxyl groups is 1. The van der Waals surface area contributed by atoms with Crippen LogP contribution in [0, 0.1) is 0 Å². The number of methoxy groups -OCH3 is 2. The van der Waals surface area contributed by atoms with E-state index < -0.39 is 12.3 Å². The van der Waals surface area contributed by atoms with Crippen LogP contribution in [-0.4, -0.2) is 37.9 Å². The van der Waals surface area contributed by atoms with E-state index in [1.165, 1.54) is 13.2 Å². The lowest BCUT2D eigenvalue weighted by molar-refractivity contribution is -0.0688. The molecule has 0 aliphatic carbocycles. The van der Waals surface area contributed by atoms with Gasteiger partial charge in [0, 0.05) is 12.0 Å². The number of carbonyl (C=O) groups excluding carboxylic acids is 2. The summed E-state index contributed by atoms with van der Waals surface area (Å²) in [5.41, 5.74) is 1.51. The molecule has 2 aromatic carbocycles. The Bertz CT molecular complexity index is 844. The Morgan fingerprint density at radius 1 is 1.23 bits per heavy atom. The van der Waals surface area contributed by atoms with Gasteiger partial charge in [0.15, 0.2) is 17.8 Å². The SMILES string of the molecule is COc1ccccc1COc1cc2c(c(C=O)c1OC)CC(O)OC2=O. The zero-order valence-corrected chi connectivity index (χ0v) is 14.4. The van der Waals surface area contributed by atoms with Gasteiger partial charge in [0.1, 0.15) is 12.4 Å². The van der Waals surface area contributed by atoms with Crippen molar-refractivity contribution in [3.8, 4) is 17.2 Å². The molecule has 0 fully saturated rings. The number of fused-ring (bicyclic) bond motifs is 1. The van der Waals surface area contributed by atoms with Crippen LogP contribution < -0.4 is 14.2 Å². The highest BCUT2D eigenvalue weighted by molar-refractivity contribution is 5.97. The van der Waals surface area contributed by atoms with Crippen molar-refractivity contribution in [1.29, 1.82) is 0 Å². The summed E-state index contributed by atoms with van der Waals surface area (Å²) in [6, 6.07) is 8.80. The number of rotatable bonds is 6. The van der Waals surface area contributed by atoms with Crippen molar-refractivity contribution in [2.24, 2.45) is 0 Å². The molecule has 3 rings (SSSR count). The molecule has 1 heterocycles. The molecule has 7 nitrogen and oxygen atoms in total. The normalized spacial score (nSPS) is 15.7. The predicted molar refractivity (Wildman–Crippen MR) is 90.8 cm³/mol. The predicted octanol–water partition coefficient (Wildman–Crippen LogP) is 2.13. The maximum atomic E-state index is 12.1. The first-order chi connectivity index (χ1) is 12.6. The Morgan fingerprint density at radius 3 is 2.69 bits per heavy atom. The van der Waals surface area contributed by atoms with Gasteiger partial charge in [-0.15, -0.1) is 0 Å². The van der Waals surface area contributed by atoms with Gasteiger partial charge in [0.25, 0.3) is 0 Å². The summed E-state index contributed by atoms with van der Waals surface area (Å²) in [6.07, 6.45) is -0.698. The number of esters is 1. The fourth-order valence-corrected chi connectivity index (χ4v) is 2.92. The third kappa shape index (κ3) is 3.21. The van der Waals surface area contributed by atoms with Gasteiger partial charge in [-0.3, -0.25) is 4.79 Å². The highest BCUT2D eigenvalue weighted by atomic mass is 16.6. The summed E-state index contributed by atoms with van der Waals surface area (Å²) in [5.74, 6) is 0.373. The Kier molecular flexibility index (Phi) is 5.09. The van der Waals surface area contributed by atoms with Gasteiger partial charge in [-0.1, -0.05) is 18.2 Å². The van der Waals surface area contributed by atoms with Crippen LogP contribution in [0.4, 0.5) is 0 Å². The molecular weight excluding hydrogens is 340 g/mol. The lowest BCUT2D eigenvalue weighted by Crippen LogP contribution is -2.28. The molecule has 1 aliphatic heterocycles. The fourth-order valence-electron chi connectivity index (χ4n) is 2.92. The van der Waals surface area contributed by atoms with Gasteiger partial charge in [-0.25, -0.2) is 4.79 Å². The number of carbonyl (C=O) groups is 2. The quantitative estimate of drug-likeness (QED) is 0.625. The van der Waals surface area contributed by atoms with Crippen molar-refractivity contribution in [1.82, 2.24) is 0 Å². The first-order valence-corrected chi connectivity index (χ1v) is 7.91. The number of aliphatic hydroxyl groups excluding tert-OH is 1. The first-order valence-electron chi connectivity index (χ1n) is 7.91. The van der Waals surface area contributed by atoms with Crippen LogP contribution in [0.15, 0.2) is 30.3 Å². The van der Waals surface area contributed by atoms with Gasteiger partial charge in [0.05, 0.1) is 25.3 Å². The zero-order valence-electron chi connectivity index (χ0n) is 14.4. The highest BCUT2D eigenvalue weighted by Crippen LogP contribution is 2.38. The summed E-state index contributed by atoms with van der Waals surface area (Å²) in [6.45, 7) is 0.148. The van der Waals surface area contributed by atoms with Crippen molar-refractivity contribution >= 4 is 12.3 Å². The Morgan fingerprint density at radius 2 is 2.00 bits per heavy atom. The van der Waals surface area contributed by atoms with Crippen LogP contribution in [0.3, 0.4) is 0 Å². The van der Waals surface area contributed by atoms with Gasteiger partial charge in [-0.2, -0.15) is 0 Å². The number of benzene rings is 2. The molecule has 26 heavy (non-hydrogen) atoms. The number of hydrogen-bond acceptors (Lipinski definition) is 7. The Balaban J connectivity index is 2.00. The van der Waals surface area contributed by atoms with E-state index in [4.69, 9.17) is 18.9 Å². The van der Waals surface area contributed by atoms with Crippen LogP contribution in [0.5, 0.6) is 17.2 Å². The highest BCUT2D eigenvalue weighted by Gasteiger charge is 2.31. The average Bonchev–Trinajstić information content (AvgIpc) is 2.65. The molecule has 7 heteroatoms. The molecule has 2 aromatic rings. The van der Waals surface area contributed by atoms with E-state index in [1.54, 1.807) is 13.2 Å². The maximum Gasteiger partial charge on any atom is 0.340 e. The molecule has 0 radical (unpaired) electrons. The van der Waals surface area contributed by atoms with E-state index in [9.17, 15) is 14.7 Å². The number of ether oxygens (including phenoxy) is 4. The van der Waals surface area contributed by atoms with E-state index in [1.807, 2.05) is 18.2 Å². The van der Waals surface area contributed by atoms with Gasteiger partial charge >= 0.3 is 5.97 Å². The second-order valence-corrected chi connectivity index (χ2v) is 5.63. The molecule has 0 bridgehead atoms. The van der Waals surface area contributed by atoms with Crippen LogP contribution in [0.1, 0.15) is 31.8 Å². The van der Waals surface area contributed by atoms with E-state index in [2.05, 4.69) is 0 Å². The van der Waals surface area contributed by atoms with E-state index in [-0.39, 0.29) is 35.7 Å². The van der Waals surface area contributed by atoms with E-state index in [0.717, 1.165) is 5.56 Å². The fraction of sp³-hybridized carbons (Fsp3) is 0.263. The van der Waals surface area contributed by atoms with Crippen LogP contribution >= 0.6 is 0 Å². The van der Waals surface area contributed by atoms with Crippen molar-refractivity contribution in [3.05, 3.63) is 52.6 Å². The van der Waals surface area contributed by atoms with Gasteiger partial charge < -0.3 is 24.1 Å². The topological polar surface area (TPSA) is 91.3 Å². The van der Waals surface area contributed by atoms with Crippen LogP contribution in [-0.2, 0) is 17.8 Å². The Labute approximate surface area is 150 Å². The molecule has 0 amide bonds. The van der Waals surface area contributed by atoms with Crippen molar-refractivity contribution in [3.63, 3.8) is 0 Å². The molecule has 1 N–H and O–H groups in total. The smallest absolute Gasteiger partial charge is 0.340 e. The number of cyclic esters (lactones) is 1. The lowest BCUT2D eigenvalue weighted by Gasteiger charge is -2.24. The van der Waals surface area contributed by atoms with E-state index in [0.29, 0.717) is 17.6 Å². The molecule has 0 saturated carbocycles. The first kappa shape index (κ1) is 17.8. The monoisotopic (exact) mass is 358 g/mol. The largest absolute Gasteiger partial charge is 0.496 e. The number of hydrogen-bond donors (Lipinski definition) is 1. The lowest BCUT2D eigenvalue weighted by atomic mass is 9.95. The number of para-hydroxylation sites is 1. The zero-order chi connectivity index (χ0) is 18.7. The molecule has 1 unspecified atom stereocenters. The number of aldehydes is 1. The minimum absolute atomic E-state index is 0.0122. The Hall–Kier alpha value is -3.06. The van der Waals surface area contributed by atoms with Crippen molar-refractivity contribution in [2.75, 3.05) is 14.2 Å². The molecular formula is C19H18O7. The molecule has 0 aromatic heterocycles. The van der Waals surface area contributed by atoms with Crippen molar-refractivity contribution in [2.45, 2.75) is 19.3 Å². The molecule has 0 saturated heterocycles. The summed E-state index contributed by atoms with van der Waals surface area (Å²) in [7, 11) is 2.96. The van der Waals surface area contributed by atoms with Crippen molar-refractivity contribution < 1.29 is 33.6 Å². The van der Waals surface area contributed by atoms with Crippen LogP contribution in [0.2, 0.25) is 0 Å². The molecule has 0 spiro atoms. The third-order valence-electron chi connectivity index (χ3n) is 4.13. The minimum atomic E-state index is -1.29. The third-order valence-corrected chi connectivity index (χ3v) is 4.13. The second-order valence-electron chi connectivity index (χ2n) is 5.63. The summed E-state index contributed by atoms with van der Waals surface area (Å²) in [5, 5.41) is 9.64. The molecule has 1 aliphatic rings. The van der Waals surface area contributed by atoms with E-state index >= 15 is 0 Å². The van der Waals surface area contributed by atoms with Gasteiger partial charge in [-0.05, 0) is 17.7 Å². The molecule has 1 atom stereocenters. The standard InChI is InChI=1S/C19H18O7/c1-23-15-6-4-3-5-11(15)10-25-16-7-13-12(8-17(21)26-19(13)22)14(9-20)18(16)24-2/h3-7,9,17,21H,8,10H2,1-2H3. The average molecular weight is 358 g/mol. The summed E-state index contributed by atoms with van der Waals surface area (Å²) >= 11 is 0. The molecule has 136 valence electrons. The summed E-state index contributed by atoms with van der Waals surface area (Å²) < 4.78 is 21.2. The maximum absolute atomic E-state index is 12.1.